The van der Waals surface area contributed by atoms with Gasteiger partial charge in [-0.05, 0) is 35.5 Å². The number of thiophene rings is 1. The maximum Gasteiger partial charge on any atom is 0.0717 e. The highest BCUT2D eigenvalue weighted by molar-refractivity contribution is 7.09. The van der Waals surface area contributed by atoms with Crippen LogP contribution in [0.3, 0.4) is 0 Å². The van der Waals surface area contributed by atoms with E-state index in [9.17, 15) is 0 Å². The standard InChI is InChI=1S/C17H23NOS/c1-2-10-18-13-15-5-7-16(8-6-15)14-19-11-9-17-4-3-12-20-17/h3-8,12,18H,2,9-11,13-14H2,1H3. The van der Waals surface area contributed by atoms with Gasteiger partial charge in [0.1, 0.15) is 0 Å². The molecule has 2 rings (SSSR count). The van der Waals surface area contributed by atoms with Gasteiger partial charge >= 0.3 is 0 Å². The minimum absolute atomic E-state index is 0.702. The van der Waals surface area contributed by atoms with Gasteiger partial charge < -0.3 is 10.1 Å². The van der Waals surface area contributed by atoms with Gasteiger partial charge in [0.05, 0.1) is 13.2 Å². The van der Waals surface area contributed by atoms with Crippen LogP contribution in [-0.4, -0.2) is 13.2 Å². The molecule has 0 bridgehead atoms. The molecule has 1 aromatic carbocycles. The van der Waals surface area contributed by atoms with Crippen molar-refractivity contribution in [3.63, 3.8) is 0 Å². The Bertz CT molecular complexity index is 464. The van der Waals surface area contributed by atoms with Crippen LogP contribution in [0.5, 0.6) is 0 Å². The molecule has 0 amide bonds. The Morgan fingerprint density at radius 2 is 1.90 bits per heavy atom. The first-order valence-corrected chi connectivity index (χ1v) is 8.15. The van der Waals surface area contributed by atoms with Crippen LogP contribution in [0.2, 0.25) is 0 Å². The van der Waals surface area contributed by atoms with E-state index < -0.39 is 0 Å². The number of hydrogen-bond donors (Lipinski definition) is 1. The Balaban J connectivity index is 1.65. The van der Waals surface area contributed by atoms with Gasteiger partial charge in [0.15, 0.2) is 0 Å². The first kappa shape index (κ1) is 15.2. The normalized spacial score (nSPS) is 10.8. The number of rotatable bonds is 9. The maximum absolute atomic E-state index is 5.72. The smallest absolute Gasteiger partial charge is 0.0717 e. The zero-order valence-corrected chi connectivity index (χ0v) is 12.9. The van der Waals surface area contributed by atoms with E-state index in [1.54, 1.807) is 11.3 Å². The second-order valence-corrected chi connectivity index (χ2v) is 5.91. The van der Waals surface area contributed by atoms with Gasteiger partial charge in [-0.3, -0.25) is 0 Å². The van der Waals surface area contributed by atoms with Crippen molar-refractivity contribution in [2.45, 2.75) is 32.9 Å². The van der Waals surface area contributed by atoms with Crippen LogP contribution in [0.25, 0.3) is 0 Å². The monoisotopic (exact) mass is 289 g/mol. The third kappa shape index (κ3) is 5.45. The topological polar surface area (TPSA) is 21.3 Å². The molecule has 0 spiro atoms. The lowest BCUT2D eigenvalue weighted by Gasteiger charge is -2.06. The second kappa shape index (κ2) is 8.90. The Hall–Kier alpha value is -1.16. The molecular weight excluding hydrogens is 266 g/mol. The summed E-state index contributed by atoms with van der Waals surface area (Å²) in [4.78, 5) is 1.39. The highest BCUT2D eigenvalue weighted by Gasteiger charge is 1.97. The largest absolute Gasteiger partial charge is 0.376 e. The third-order valence-electron chi connectivity index (χ3n) is 3.12. The number of hydrogen-bond acceptors (Lipinski definition) is 3. The lowest BCUT2D eigenvalue weighted by atomic mass is 10.1. The molecule has 0 saturated heterocycles. The Labute approximate surface area is 125 Å². The fourth-order valence-corrected chi connectivity index (χ4v) is 2.67. The van der Waals surface area contributed by atoms with Crippen molar-refractivity contribution in [1.29, 1.82) is 0 Å². The average molecular weight is 289 g/mol. The molecule has 1 heterocycles. The summed E-state index contributed by atoms with van der Waals surface area (Å²) in [5.74, 6) is 0. The van der Waals surface area contributed by atoms with Crippen LogP contribution in [0, 0.1) is 0 Å². The van der Waals surface area contributed by atoms with Crippen LogP contribution >= 0.6 is 11.3 Å². The predicted molar refractivity (Wildman–Crippen MR) is 86.1 cm³/mol. The molecule has 0 saturated carbocycles. The van der Waals surface area contributed by atoms with Crippen molar-refractivity contribution in [2.24, 2.45) is 0 Å². The third-order valence-corrected chi connectivity index (χ3v) is 4.06. The van der Waals surface area contributed by atoms with Crippen LogP contribution in [0.4, 0.5) is 0 Å². The molecule has 20 heavy (non-hydrogen) atoms. The molecule has 0 unspecified atom stereocenters. The summed E-state index contributed by atoms with van der Waals surface area (Å²) >= 11 is 1.79. The lowest BCUT2D eigenvalue weighted by molar-refractivity contribution is 0.124. The number of nitrogens with one attached hydrogen (secondary N) is 1. The zero-order chi connectivity index (χ0) is 14.0. The summed E-state index contributed by atoms with van der Waals surface area (Å²) in [5.41, 5.74) is 2.58. The van der Waals surface area contributed by atoms with E-state index in [-0.39, 0.29) is 0 Å². The number of ether oxygens (including phenoxy) is 1. The molecule has 1 aromatic heterocycles. The van der Waals surface area contributed by atoms with Gasteiger partial charge in [0, 0.05) is 17.8 Å². The molecule has 0 radical (unpaired) electrons. The van der Waals surface area contributed by atoms with E-state index in [1.165, 1.54) is 22.4 Å². The van der Waals surface area contributed by atoms with Crippen molar-refractivity contribution >= 4 is 11.3 Å². The molecular formula is C17H23NOS. The molecule has 0 aliphatic rings. The van der Waals surface area contributed by atoms with E-state index >= 15 is 0 Å². The highest BCUT2D eigenvalue weighted by atomic mass is 32.1. The van der Waals surface area contributed by atoms with E-state index in [1.807, 2.05) is 0 Å². The summed E-state index contributed by atoms with van der Waals surface area (Å²) < 4.78 is 5.72. The second-order valence-electron chi connectivity index (χ2n) is 4.88. The molecule has 2 aromatic rings. The first-order chi connectivity index (χ1) is 9.88. The summed E-state index contributed by atoms with van der Waals surface area (Å²) in [6, 6.07) is 12.9. The van der Waals surface area contributed by atoms with Crippen LogP contribution in [-0.2, 0) is 24.3 Å². The van der Waals surface area contributed by atoms with E-state index in [0.717, 1.165) is 26.1 Å². The fraction of sp³-hybridized carbons (Fsp3) is 0.412. The van der Waals surface area contributed by atoms with Crippen molar-refractivity contribution in [2.75, 3.05) is 13.2 Å². The van der Waals surface area contributed by atoms with Gasteiger partial charge in [0.2, 0.25) is 0 Å². The molecule has 108 valence electrons. The van der Waals surface area contributed by atoms with E-state index in [0.29, 0.717) is 6.61 Å². The van der Waals surface area contributed by atoms with Gasteiger partial charge in [-0.1, -0.05) is 37.3 Å². The molecule has 0 aliphatic carbocycles. The molecule has 0 aliphatic heterocycles. The molecule has 2 nitrogen and oxygen atoms in total. The summed E-state index contributed by atoms with van der Waals surface area (Å²) in [6.07, 6.45) is 2.19. The van der Waals surface area contributed by atoms with Crippen LogP contribution in [0.1, 0.15) is 29.3 Å². The predicted octanol–water partition coefficient (Wildman–Crippen LogP) is 4.01. The number of benzene rings is 1. The minimum Gasteiger partial charge on any atom is -0.376 e. The molecule has 0 fully saturated rings. The van der Waals surface area contributed by atoms with Crippen molar-refractivity contribution in [1.82, 2.24) is 5.32 Å². The lowest BCUT2D eigenvalue weighted by Crippen LogP contribution is -2.13. The SMILES string of the molecule is CCCNCc1ccc(COCCc2cccs2)cc1. The Morgan fingerprint density at radius 3 is 2.60 bits per heavy atom. The average Bonchev–Trinajstić information content (AvgIpc) is 2.99. The molecule has 3 heteroatoms. The fourth-order valence-electron chi connectivity index (χ4n) is 1.98. The van der Waals surface area contributed by atoms with Crippen LogP contribution in [0.15, 0.2) is 41.8 Å². The quantitative estimate of drug-likeness (QED) is 0.704. The minimum atomic E-state index is 0.702. The van der Waals surface area contributed by atoms with Gasteiger partial charge in [0.25, 0.3) is 0 Å². The van der Waals surface area contributed by atoms with Crippen molar-refractivity contribution < 1.29 is 4.74 Å². The van der Waals surface area contributed by atoms with Crippen molar-refractivity contribution in [3.8, 4) is 0 Å². The highest BCUT2D eigenvalue weighted by Crippen LogP contribution is 2.10. The van der Waals surface area contributed by atoms with E-state index in [4.69, 9.17) is 4.74 Å². The first-order valence-electron chi connectivity index (χ1n) is 7.27. The van der Waals surface area contributed by atoms with Gasteiger partial charge in [-0.2, -0.15) is 0 Å². The zero-order valence-electron chi connectivity index (χ0n) is 12.1. The van der Waals surface area contributed by atoms with Gasteiger partial charge in [-0.15, -0.1) is 11.3 Å². The summed E-state index contributed by atoms with van der Waals surface area (Å²) in [6.45, 7) is 5.71. The Kier molecular flexibility index (Phi) is 6.78. The van der Waals surface area contributed by atoms with Crippen LogP contribution < -0.4 is 5.32 Å². The summed E-state index contributed by atoms with van der Waals surface area (Å²) in [7, 11) is 0. The van der Waals surface area contributed by atoms with E-state index in [2.05, 4.69) is 54.0 Å². The summed E-state index contributed by atoms with van der Waals surface area (Å²) in [5, 5.41) is 5.52. The Morgan fingerprint density at radius 1 is 1.10 bits per heavy atom. The van der Waals surface area contributed by atoms with Crippen molar-refractivity contribution in [3.05, 3.63) is 57.8 Å². The molecule has 0 atom stereocenters. The van der Waals surface area contributed by atoms with Gasteiger partial charge in [-0.25, -0.2) is 0 Å². The maximum atomic E-state index is 5.72. The molecule has 1 N–H and O–H groups in total.